The van der Waals surface area contributed by atoms with E-state index in [-0.39, 0.29) is 0 Å². The molecule has 0 aromatic rings. The maximum absolute atomic E-state index is 2.33. The summed E-state index contributed by atoms with van der Waals surface area (Å²) in [5.41, 5.74) is 0. The molecule has 0 bridgehead atoms. The van der Waals surface area contributed by atoms with Gasteiger partial charge in [0.25, 0.3) is 0 Å². The van der Waals surface area contributed by atoms with E-state index >= 15 is 0 Å². The van der Waals surface area contributed by atoms with Crippen LogP contribution in [-0.4, -0.2) is 24.4 Å². The molecule has 0 aliphatic carbocycles. The molecule has 0 aromatic heterocycles. The predicted molar refractivity (Wildman–Crippen MR) is 63.0 cm³/mol. The highest BCUT2D eigenvalue weighted by molar-refractivity contribution is 5.53. The van der Waals surface area contributed by atoms with Gasteiger partial charge in [-0.15, -0.1) is 0 Å². The van der Waals surface area contributed by atoms with E-state index in [4.69, 9.17) is 0 Å². The van der Waals surface area contributed by atoms with Gasteiger partial charge in [0, 0.05) is 12.3 Å². The Labute approximate surface area is 87.8 Å². The molecule has 78 valence electrons. The van der Waals surface area contributed by atoms with Gasteiger partial charge in [-0.1, -0.05) is 38.2 Å². The van der Waals surface area contributed by atoms with Crippen LogP contribution in [0.5, 0.6) is 0 Å². The van der Waals surface area contributed by atoms with E-state index < -0.39 is 0 Å². The molecule has 0 saturated carbocycles. The Kier molecular flexibility index (Phi) is 4.64. The summed E-state index contributed by atoms with van der Waals surface area (Å²) in [5, 5.41) is 0. The zero-order chi connectivity index (χ0) is 10.4. The summed E-state index contributed by atoms with van der Waals surface area (Å²) in [4.78, 5) is 0. The van der Waals surface area contributed by atoms with Crippen molar-refractivity contribution in [3.05, 3.63) is 24.3 Å². The van der Waals surface area contributed by atoms with E-state index in [1.54, 1.807) is 0 Å². The predicted octanol–water partition coefficient (Wildman–Crippen LogP) is 2.88. The molecular weight excluding hydrogens is 170 g/mol. The van der Waals surface area contributed by atoms with Crippen molar-refractivity contribution in [3.63, 3.8) is 0 Å². The molecule has 1 aliphatic rings. The molecule has 1 heterocycles. The average molecular weight is 192 g/mol. The van der Waals surface area contributed by atoms with Crippen molar-refractivity contribution < 1.29 is 4.58 Å². The largest absolute Gasteiger partial charge is 0.241 e. The van der Waals surface area contributed by atoms with Gasteiger partial charge < -0.3 is 0 Å². The van der Waals surface area contributed by atoms with Crippen LogP contribution in [0.25, 0.3) is 0 Å². The summed E-state index contributed by atoms with van der Waals surface area (Å²) in [6.07, 6.45) is 13.7. The topological polar surface area (TPSA) is 3.01 Å². The van der Waals surface area contributed by atoms with Gasteiger partial charge in [-0.3, -0.25) is 0 Å². The van der Waals surface area contributed by atoms with Crippen molar-refractivity contribution >= 4 is 6.21 Å². The molecule has 1 nitrogen and oxygen atoms in total. The van der Waals surface area contributed by atoms with Crippen molar-refractivity contribution in [3.8, 4) is 0 Å². The van der Waals surface area contributed by atoms with Gasteiger partial charge >= 0.3 is 0 Å². The average Bonchev–Trinajstić information content (AvgIpc) is 2.13. The summed E-state index contributed by atoms with van der Waals surface area (Å²) in [5.74, 6) is 1.33. The summed E-state index contributed by atoms with van der Waals surface area (Å²) >= 11 is 0. The van der Waals surface area contributed by atoms with E-state index in [9.17, 15) is 0 Å². The molecule has 14 heavy (non-hydrogen) atoms. The summed E-state index contributed by atoms with van der Waals surface area (Å²) in [6.45, 7) is 5.67. The van der Waals surface area contributed by atoms with E-state index in [0.717, 1.165) is 13.0 Å². The van der Waals surface area contributed by atoms with Gasteiger partial charge in [0.1, 0.15) is 19.8 Å². The van der Waals surface area contributed by atoms with E-state index in [2.05, 4.69) is 56.0 Å². The molecule has 1 aliphatic heterocycles. The molecule has 0 N–H and O–H groups in total. The van der Waals surface area contributed by atoms with Gasteiger partial charge in [0.2, 0.25) is 0 Å². The van der Waals surface area contributed by atoms with Crippen LogP contribution in [0.2, 0.25) is 0 Å². The smallest absolute Gasteiger partial charge is 0.148 e. The maximum atomic E-state index is 2.33. The van der Waals surface area contributed by atoms with Gasteiger partial charge in [0.05, 0.1) is 0 Å². The van der Waals surface area contributed by atoms with E-state index in [1.165, 1.54) is 6.42 Å². The molecule has 0 radical (unpaired) electrons. The Bertz CT molecular complexity index is 248. The fourth-order valence-electron chi connectivity index (χ4n) is 1.75. The normalized spacial score (nSPS) is 29.5. The molecule has 1 rings (SSSR count). The first kappa shape index (κ1) is 11.2. The van der Waals surface area contributed by atoms with Crippen LogP contribution in [0.3, 0.4) is 0 Å². The van der Waals surface area contributed by atoms with Crippen molar-refractivity contribution in [2.45, 2.75) is 26.7 Å². The zero-order valence-electron chi connectivity index (χ0n) is 9.61. The molecule has 0 spiro atoms. The Hall–Kier alpha value is -0.850. The Morgan fingerprint density at radius 3 is 2.57 bits per heavy atom. The van der Waals surface area contributed by atoms with Crippen molar-refractivity contribution in [1.29, 1.82) is 0 Å². The minimum atomic E-state index is 0.654. The van der Waals surface area contributed by atoms with E-state index in [1.807, 2.05) is 0 Å². The summed E-state index contributed by atoms with van der Waals surface area (Å²) in [7, 11) is 2.15. The van der Waals surface area contributed by atoms with Crippen LogP contribution in [0, 0.1) is 11.8 Å². The molecule has 0 amide bonds. The van der Waals surface area contributed by atoms with Crippen LogP contribution >= 0.6 is 0 Å². The lowest BCUT2D eigenvalue weighted by Gasteiger charge is -2.03. The number of nitrogens with zero attached hydrogens (tertiary/aromatic N) is 1. The van der Waals surface area contributed by atoms with Gasteiger partial charge in [-0.2, -0.15) is 0 Å². The van der Waals surface area contributed by atoms with E-state index in [0.29, 0.717) is 11.8 Å². The lowest BCUT2D eigenvalue weighted by molar-refractivity contribution is -0.498. The number of hydrogen-bond donors (Lipinski definition) is 0. The SMILES string of the molecule is CC1C=CCC=[N+](C)CC(C)C=CC1. The fraction of sp³-hybridized carbons (Fsp3) is 0.615. The highest BCUT2D eigenvalue weighted by Gasteiger charge is 2.04. The van der Waals surface area contributed by atoms with Crippen molar-refractivity contribution in [2.24, 2.45) is 11.8 Å². The second-order valence-electron chi connectivity index (χ2n) is 4.40. The van der Waals surface area contributed by atoms with Gasteiger partial charge in [-0.25, -0.2) is 4.58 Å². The molecule has 2 unspecified atom stereocenters. The molecule has 2 atom stereocenters. The quantitative estimate of drug-likeness (QED) is 0.410. The lowest BCUT2D eigenvalue weighted by atomic mass is 10.1. The van der Waals surface area contributed by atoms with Crippen molar-refractivity contribution in [1.82, 2.24) is 0 Å². The molecular formula is C13H22N+. The molecule has 1 heteroatoms. The first-order valence-electron chi connectivity index (χ1n) is 5.55. The standard InChI is InChI=1S/C13H22N/c1-12-7-4-5-10-14(3)11-13(2)9-6-8-12/h4,6-7,9-10,12-13H,5,8,11H2,1-3H3/q+1. The summed E-state index contributed by atoms with van der Waals surface area (Å²) in [6, 6.07) is 0. The van der Waals surface area contributed by atoms with Crippen LogP contribution in [0.1, 0.15) is 26.7 Å². The second kappa shape index (κ2) is 5.79. The van der Waals surface area contributed by atoms with Crippen LogP contribution in [0.15, 0.2) is 24.3 Å². The first-order chi connectivity index (χ1) is 6.68. The van der Waals surface area contributed by atoms with Crippen molar-refractivity contribution in [2.75, 3.05) is 13.6 Å². The molecule has 0 aromatic carbocycles. The zero-order valence-corrected chi connectivity index (χ0v) is 9.61. The Morgan fingerprint density at radius 1 is 1.07 bits per heavy atom. The van der Waals surface area contributed by atoms with Crippen LogP contribution in [-0.2, 0) is 0 Å². The van der Waals surface area contributed by atoms with Crippen LogP contribution in [0.4, 0.5) is 0 Å². The highest BCUT2D eigenvalue weighted by Crippen LogP contribution is 2.08. The Morgan fingerprint density at radius 2 is 1.79 bits per heavy atom. The third kappa shape index (κ3) is 4.40. The highest BCUT2D eigenvalue weighted by atomic mass is 14.9. The fourth-order valence-corrected chi connectivity index (χ4v) is 1.75. The third-order valence-corrected chi connectivity index (χ3v) is 2.57. The Balaban J connectivity index is 2.65. The maximum Gasteiger partial charge on any atom is 0.148 e. The molecule has 0 saturated heterocycles. The third-order valence-electron chi connectivity index (χ3n) is 2.57. The number of hydrogen-bond acceptors (Lipinski definition) is 0. The van der Waals surface area contributed by atoms with Gasteiger partial charge in [0.15, 0.2) is 0 Å². The number of allylic oxidation sites excluding steroid dienone is 3. The van der Waals surface area contributed by atoms with Crippen LogP contribution < -0.4 is 0 Å². The molecule has 0 fully saturated rings. The lowest BCUT2D eigenvalue weighted by Crippen LogP contribution is -2.14. The second-order valence-corrected chi connectivity index (χ2v) is 4.40. The monoisotopic (exact) mass is 192 g/mol. The minimum absolute atomic E-state index is 0.654. The summed E-state index contributed by atoms with van der Waals surface area (Å²) < 4.78 is 2.29. The van der Waals surface area contributed by atoms with Gasteiger partial charge in [-0.05, 0) is 12.3 Å². The first-order valence-corrected chi connectivity index (χ1v) is 5.55. The number of rotatable bonds is 0. The minimum Gasteiger partial charge on any atom is -0.241 e.